The van der Waals surface area contributed by atoms with Crippen LogP contribution in [0.5, 0.6) is 11.5 Å². The Kier molecular flexibility index (Phi) is 9.11. The van der Waals surface area contributed by atoms with E-state index in [0.29, 0.717) is 12.3 Å². The highest BCUT2D eigenvalue weighted by Gasteiger charge is 2.04. The quantitative estimate of drug-likeness (QED) is 0.336. The maximum Gasteiger partial charge on any atom is 0.191 e. The van der Waals surface area contributed by atoms with Gasteiger partial charge >= 0.3 is 0 Å². The summed E-state index contributed by atoms with van der Waals surface area (Å²) in [6.45, 7) is 4.13. The molecule has 0 saturated heterocycles. The molecule has 0 saturated carbocycles. The van der Waals surface area contributed by atoms with Gasteiger partial charge in [-0.3, -0.25) is 4.68 Å². The van der Waals surface area contributed by atoms with Crippen LogP contribution < -0.4 is 15.4 Å². The lowest BCUT2D eigenvalue weighted by atomic mass is 10.1. The number of rotatable bonds is 7. The number of nitrogens with one attached hydrogen (secondary N) is 2. The molecule has 8 heteroatoms. The van der Waals surface area contributed by atoms with Gasteiger partial charge < -0.3 is 20.5 Å². The van der Waals surface area contributed by atoms with Crippen LogP contribution >= 0.6 is 24.0 Å². The number of hydrogen-bond donors (Lipinski definition) is 3. The number of aromatic hydroxyl groups is 1. The third-order valence-electron chi connectivity index (χ3n) is 3.62. The number of guanidine groups is 1. The molecule has 1 aromatic carbocycles. The summed E-state index contributed by atoms with van der Waals surface area (Å²) in [5.41, 5.74) is 2.13. The summed E-state index contributed by atoms with van der Waals surface area (Å²) in [4.78, 5) is 4.56. The van der Waals surface area contributed by atoms with Crippen molar-refractivity contribution in [3.63, 3.8) is 0 Å². The second kappa shape index (κ2) is 10.8. The SMILES string of the molecule is CCNC(=NCc1ccnn1C)NCCc1ccc(O)c(OC)c1.I. The van der Waals surface area contributed by atoms with Crippen LogP contribution in [0.25, 0.3) is 0 Å². The largest absolute Gasteiger partial charge is 0.504 e. The minimum absolute atomic E-state index is 0. The van der Waals surface area contributed by atoms with Crippen molar-refractivity contribution >= 4 is 29.9 Å². The van der Waals surface area contributed by atoms with Crippen LogP contribution in [0, 0.1) is 0 Å². The molecule has 2 rings (SSSR count). The van der Waals surface area contributed by atoms with Crippen molar-refractivity contribution in [2.75, 3.05) is 20.2 Å². The smallest absolute Gasteiger partial charge is 0.191 e. The first kappa shape index (κ1) is 21.1. The second-order valence-corrected chi connectivity index (χ2v) is 5.32. The average Bonchev–Trinajstić information content (AvgIpc) is 2.99. The Labute approximate surface area is 165 Å². The van der Waals surface area contributed by atoms with E-state index in [1.807, 2.05) is 36.9 Å². The molecule has 2 aromatic rings. The number of hydrogen-bond acceptors (Lipinski definition) is 4. The number of methoxy groups -OCH3 is 1. The van der Waals surface area contributed by atoms with E-state index in [1.165, 1.54) is 0 Å². The summed E-state index contributed by atoms with van der Waals surface area (Å²) >= 11 is 0. The molecule has 0 fully saturated rings. The molecule has 0 atom stereocenters. The van der Waals surface area contributed by atoms with Gasteiger partial charge in [-0.1, -0.05) is 6.07 Å². The predicted octanol–water partition coefficient (Wildman–Crippen LogP) is 2.05. The van der Waals surface area contributed by atoms with Crippen LogP contribution in [-0.2, 0) is 20.0 Å². The number of aliphatic imine (C=N–C) groups is 1. The molecule has 1 heterocycles. The molecule has 0 amide bonds. The van der Waals surface area contributed by atoms with Gasteiger partial charge in [-0.15, -0.1) is 24.0 Å². The molecule has 0 aliphatic heterocycles. The Morgan fingerprint density at radius 3 is 2.76 bits per heavy atom. The molecule has 7 nitrogen and oxygen atoms in total. The zero-order valence-corrected chi connectivity index (χ0v) is 17.2. The minimum Gasteiger partial charge on any atom is -0.504 e. The summed E-state index contributed by atoms with van der Waals surface area (Å²) < 4.78 is 6.94. The zero-order valence-electron chi connectivity index (χ0n) is 14.8. The lowest BCUT2D eigenvalue weighted by Crippen LogP contribution is -2.38. The Hall–Kier alpha value is -1.97. The first-order chi connectivity index (χ1) is 11.6. The van der Waals surface area contributed by atoms with Crippen molar-refractivity contribution in [2.45, 2.75) is 19.9 Å². The number of ether oxygens (including phenoxy) is 1. The van der Waals surface area contributed by atoms with Gasteiger partial charge in [0, 0.05) is 26.3 Å². The summed E-state index contributed by atoms with van der Waals surface area (Å²) in [6, 6.07) is 7.33. The number of phenols is 1. The van der Waals surface area contributed by atoms with Crippen LogP contribution in [0.4, 0.5) is 0 Å². The topological polar surface area (TPSA) is 83.7 Å². The Bertz CT molecular complexity index is 687. The van der Waals surface area contributed by atoms with Crippen LogP contribution in [0.1, 0.15) is 18.2 Å². The highest BCUT2D eigenvalue weighted by molar-refractivity contribution is 14.0. The Balaban J connectivity index is 0.00000312. The summed E-state index contributed by atoms with van der Waals surface area (Å²) in [5.74, 6) is 1.41. The first-order valence-electron chi connectivity index (χ1n) is 7.99. The van der Waals surface area contributed by atoms with E-state index >= 15 is 0 Å². The summed E-state index contributed by atoms with van der Waals surface area (Å²) in [7, 11) is 3.45. The van der Waals surface area contributed by atoms with Crippen molar-refractivity contribution in [2.24, 2.45) is 12.0 Å². The summed E-state index contributed by atoms with van der Waals surface area (Å²) in [6.07, 6.45) is 2.57. The van der Waals surface area contributed by atoms with E-state index < -0.39 is 0 Å². The third-order valence-corrected chi connectivity index (χ3v) is 3.62. The number of aromatic nitrogens is 2. The van der Waals surface area contributed by atoms with Crippen LogP contribution in [0.15, 0.2) is 35.5 Å². The van der Waals surface area contributed by atoms with Gasteiger partial charge in [0.1, 0.15) is 0 Å². The van der Waals surface area contributed by atoms with Crippen LogP contribution in [0.2, 0.25) is 0 Å². The number of nitrogens with zero attached hydrogens (tertiary/aromatic N) is 3. The molecule has 0 aliphatic rings. The molecule has 3 N–H and O–H groups in total. The fourth-order valence-electron chi connectivity index (χ4n) is 2.26. The van der Waals surface area contributed by atoms with E-state index in [2.05, 4.69) is 20.7 Å². The van der Waals surface area contributed by atoms with Crippen molar-refractivity contribution in [1.29, 1.82) is 0 Å². The van der Waals surface area contributed by atoms with Gasteiger partial charge in [-0.25, -0.2) is 4.99 Å². The van der Waals surface area contributed by atoms with Crippen molar-refractivity contribution in [1.82, 2.24) is 20.4 Å². The number of phenolic OH excluding ortho intramolecular Hbond substituents is 1. The highest BCUT2D eigenvalue weighted by Crippen LogP contribution is 2.26. The fourth-order valence-corrected chi connectivity index (χ4v) is 2.26. The minimum atomic E-state index is 0. The van der Waals surface area contributed by atoms with E-state index in [1.54, 1.807) is 19.4 Å². The molecule has 0 aliphatic carbocycles. The lowest BCUT2D eigenvalue weighted by molar-refractivity contribution is 0.373. The zero-order chi connectivity index (χ0) is 17.4. The van der Waals surface area contributed by atoms with Crippen molar-refractivity contribution in [3.05, 3.63) is 41.7 Å². The van der Waals surface area contributed by atoms with E-state index in [9.17, 15) is 5.11 Å². The van der Waals surface area contributed by atoms with Crippen LogP contribution in [-0.4, -0.2) is 41.0 Å². The van der Waals surface area contributed by atoms with Crippen molar-refractivity contribution < 1.29 is 9.84 Å². The van der Waals surface area contributed by atoms with E-state index in [-0.39, 0.29) is 29.7 Å². The van der Waals surface area contributed by atoms with Gasteiger partial charge in [0.25, 0.3) is 0 Å². The van der Waals surface area contributed by atoms with Gasteiger partial charge in [-0.05, 0) is 37.1 Å². The molecular weight excluding hydrogens is 433 g/mol. The molecule has 1 aromatic heterocycles. The lowest BCUT2D eigenvalue weighted by Gasteiger charge is -2.12. The first-order valence-corrected chi connectivity index (χ1v) is 7.99. The summed E-state index contributed by atoms with van der Waals surface area (Å²) in [5, 5.41) is 20.3. The molecule has 0 radical (unpaired) electrons. The normalized spacial score (nSPS) is 10.9. The Morgan fingerprint density at radius 1 is 1.32 bits per heavy atom. The highest BCUT2D eigenvalue weighted by atomic mass is 127. The van der Waals surface area contributed by atoms with E-state index in [0.717, 1.165) is 36.7 Å². The van der Waals surface area contributed by atoms with Crippen molar-refractivity contribution in [3.8, 4) is 11.5 Å². The molecular formula is C17H26IN5O2. The molecule has 0 bridgehead atoms. The third kappa shape index (κ3) is 6.45. The molecule has 138 valence electrons. The number of aryl methyl sites for hydroxylation is 1. The van der Waals surface area contributed by atoms with Gasteiger partial charge in [-0.2, -0.15) is 5.10 Å². The monoisotopic (exact) mass is 459 g/mol. The molecule has 0 unspecified atom stereocenters. The van der Waals surface area contributed by atoms with Gasteiger partial charge in [0.15, 0.2) is 17.5 Å². The van der Waals surface area contributed by atoms with Gasteiger partial charge in [0.2, 0.25) is 0 Å². The average molecular weight is 459 g/mol. The Morgan fingerprint density at radius 2 is 2.12 bits per heavy atom. The predicted molar refractivity (Wildman–Crippen MR) is 110 cm³/mol. The molecule has 0 spiro atoms. The maximum atomic E-state index is 9.62. The maximum absolute atomic E-state index is 9.62. The second-order valence-electron chi connectivity index (χ2n) is 5.32. The molecule has 25 heavy (non-hydrogen) atoms. The van der Waals surface area contributed by atoms with Crippen LogP contribution in [0.3, 0.4) is 0 Å². The number of benzene rings is 1. The fraction of sp³-hybridized carbons (Fsp3) is 0.412. The standard InChI is InChI=1S/C17H25N5O2.HI/c1-4-18-17(20-12-14-8-10-21-22(14)2)19-9-7-13-5-6-15(23)16(11-13)24-3;/h5-6,8,10-11,23H,4,7,9,12H2,1-3H3,(H2,18,19,20);1H. The van der Waals surface area contributed by atoms with E-state index in [4.69, 9.17) is 4.74 Å². The number of halogens is 1. The van der Waals surface area contributed by atoms with Gasteiger partial charge in [0.05, 0.1) is 19.3 Å².